The number of morpholine rings is 1. The van der Waals surface area contributed by atoms with Crippen LogP contribution in [0.4, 0.5) is 17.5 Å². The van der Waals surface area contributed by atoms with E-state index in [0.29, 0.717) is 54.1 Å². The van der Waals surface area contributed by atoms with Crippen molar-refractivity contribution in [1.82, 2.24) is 24.8 Å². The number of rotatable bonds is 6. The van der Waals surface area contributed by atoms with Crippen LogP contribution in [0, 0.1) is 0 Å². The van der Waals surface area contributed by atoms with Gasteiger partial charge in [0.25, 0.3) is 0 Å². The molecule has 10 heteroatoms. The van der Waals surface area contributed by atoms with Crippen molar-refractivity contribution < 1.29 is 9.53 Å². The van der Waals surface area contributed by atoms with Gasteiger partial charge in [0, 0.05) is 30.3 Å². The predicted octanol–water partition coefficient (Wildman–Crippen LogP) is 2.09. The fourth-order valence-electron chi connectivity index (χ4n) is 2.85. The van der Waals surface area contributed by atoms with Crippen molar-refractivity contribution in [3.8, 4) is 0 Å². The maximum absolute atomic E-state index is 11.3. The van der Waals surface area contributed by atoms with Crippen molar-refractivity contribution in [2.45, 2.75) is 0 Å². The van der Waals surface area contributed by atoms with E-state index in [-0.39, 0.29) is 5.97 Å². The molecule has 1 aromatic carbocycles. The molecule has 0 unspecified atom stereocenters. The number of hydrogen-bond donors (Lipinski definition) is 2. The summed E-state index contributed by atoms with van der Waals surface area (Å²) in [4.78, 5) is 30.7. The van der Waals surface area contributed by atoms with E-state index in [9.17, 15) is 4.79 Å². The van der Waals surface area contributed by atoms with Crippen molar-refractivity contribution in [2.24, 2.45) is 0 Å². The monoisotopic (exact) mass is 399 g/mol. The second-order valence-electron chi connectivity index (χ2n) is 6.21. The second-order valence-corrected chi connectivity index (χ2v) is 6.64. The van der Waals surface area contributed by atoms with Crippen molar-refractivity contribution >= 4 is 46.1 Å². The average molecular weight is 400 g/mol. The van der Waals surface area contributed by atoms with Crippen LogP contribution in [0.3, 0.4) is 0 Å². The highest BCUT2D eigenvalue weighted by molar-refractivity contribution is 6.30. The van der Waals surface area contributed by atoms with E-state index in [1.807, 2.05) is 17.0 Å². The van der Waals surface area contributed by atoms with E-state index in [2.05, 4.69) is 30.6 Å². The summed E-state index contributed by atoms with van der Waals surface area (Å²) in [5, 5.41) is 7.02. The Hall–Kier alpha value is -3.04. The number of cyclic esters (lactones) is 1. The zero-order valence-electron chi connectivity index (χ0n) is 14.9. The van der Waals surface area contributed by atoms with E-state index in [4.69, 9.17) is 16.3 Å². The van der Waals surface area contributed by atoms with Gasteiger partial charge in [0.15, 0.2) is 5.82 Å². The highest BCUT2D eigenvalue weighted by Gasteiger charge is 2.17. The van der Waals surface area contributed by atoms with Gasteiger partial charge in [-0.1, -0.05) is 17.7 Å². The van der Waals surface area contributed by atoms with Crippen LogP contribution >= 0.6 is 11.6 Å². The molecule has 2 aromatic heterocycles. The first-order valence-corrected chi connectivity index (χ1v) is 9.17. The van der Waals surface area contributed by atoms with Crippen molar-refractivity contribution in [2.75, 3.05) is 43.4 Å². The van der Waals surface area contributed by atoms with Crippen LogP contribution in [0.5, 0.6) is 0 Å². The van der Waals surface area contributed by atoms with Crippen LogP contribution in [0.1, 0.15) is 0 Å². The van der Waals surface area contributed by atoms with Gasteiger partial charge in [-0.2, -0.15) is 0 Å². The number of nitrogens with zero attached hydrogens (tertiary/aromatic N) is 5. The minimum absolute atomic E-state index is 0.193. The molecule has 0 radical (unpaired) electrons. The zero-order valence-corrected chi connectivity index (χ0v) is 15.7. The Morgan fingerprint density at radius 1 is 1.25 bits per heavy atom. The molecule has 0 saturated carbocycles. The summed E-state index contributed by atoms with van der Waals surface area (Å²) in [6, 6.07) is 7.35. The predicted molar refractivity (Wildman–Crippen MR) is 106 cm³/mol. The molecule has 0 spiro atoms. The lowest BCUT2D eigenvalue weighted by atomic mass is 10.3. The van der Waals surface area contributed by atoms with Crippen LogP contribution < -0.4 is 10.6 Å². The highest BCUT2D eigenvalue weighted by Crippen LogP contribution is 2.23. The molecule has 9 nitrogen and oxygen atoms in total. The van der Waals surface area contributed by atoms with Crippen LogP contribution in [0.15, 0.2) is 36.8 Å². The molecule has 0 amide bonds. The number of benzene rings is 1. The number of aromatic nitrogens is 4. The lowest BCUT2D eigenvalue weighted by Crippen LogP contribution is -2.41. The standard InChI is InChI=1S/C18H18ClN7O2/c19-12-2-1-3-13(8-12)24-17-16-14(22-11-23-17)9-21-18(25-16)20-4-5-26-6-7-28-15(27)10-26/h1-3,8-9,11H,4-7,10H2,(H,20,21,25)(H,22,23,24). The van der Waals surface area contributed by atoms with Gasteiger partial charge in [-0.25, -0.2) is 19.9 Å². The molecular formula is C18H18ClN7O2. The van der Waals surface area contributed by atoms with Gasteiger partial charge in [0.1, 0.15) is 24.0 Å². The third-order valence-corrected chi connectivity index (χ3v) is 4.43. The molecule has 4 rings (SSSR count). The lowest BCUT2D eigenvalue weighted by molar-refractivity contribution is -0.150. The molecule has 1 aliphatic heterocycles. The van der Waals surface area contributed by atoms with Gasteiger partial charge in [-0.3, -0.25) is 9.69 Å². The molecule has 0 aliphatic carbocycles. The third-order valence-electron chi connectivity index (χ3n) is 4.20. The number of hydrogen-bond acceptors (Lipinski definition) is 9. The van der Waals surface area contributed by atoms with E-state index >= 15 is 0 Å². The summed E-state index contributed by atoms with van der Waals surface area (Å²) in [5.41, 5.74) is 2.03. The first-order valence-electron chi connectivity index (χ1n) is 8.79. The van der Waals surface area contributed by atoms with E-state index < -0.39 is 0 Å². The average Bonchev–Trinajstić information content (AvgIpc) is 2.69. The number of anilines is 3. The minimum Gasteiger partial charge on any atom is -0.463 e. The highest BCUT2D eigenvalue weighted by atomic mass is 35.5. The van der Waals surface area contributed by atoms with E-state index in [0.717, 1.165) is 12.2 Å². The second kappa shape index (κ2) is 8.32. The molecule has 1 aliphatic rings. The molecule has 3 heterocycles. The van der Waals surface area contributed by atoms with Gasteiger partial charge in [0.05, 0.1) is 12.7 Å². The maximum Gasteiger partial charge on any atom is 0.320 e. The SMILES string of the molecule is O=C1CN(CCNc2ncc3ncnc(Nc4cccc(Cl)c4)c3n2)CCO1. The number of fused-ring (bicyclic) bond motifs is 1. The topological polar surface area (TPSA) is 105 Å². The molecule has 0 atom stereocenters. The zero-order chi connectivity index (χ0) is 19.3. The minimum atomic E-state index is -0.193. The third kappa shape index (κ3) is 4.44. The molecule has 1 fully saturated rings. The van der Waals surface area contributed by atoms with E-state index in [1.54, 1.807) is 18.3 Å². The summed E-state index contributed by atoms with van der Waals surface area (Å²) in [6.45, 7) is 2.76. The summed E-state index contributed by atoms with van der Waals surface area (Å²) >= 11 is 6.04. The van der Waals surface area contributed by atoms with Crippen molar-refractivity contribution in [1.29, 1.82) is 0 Å². The number of nitrogens with one attached hydrogen (secondary N) is 2. The van der Waals surface area contributed by atoms with Gasteiger partial charge < -0.3 is 15.4 Å². The number of carbonyl (C=O) groups is 1. The molecule has 3 aromatic rings. The fraction of sp³-hybridized carbons (Fsp3) is 0.278. The Bertz CT molecular complexity index is 1000. The lowest BCUT2D eigenvalue weighted by Gasteiger charge is -2.25. The van der Waals surface area contributed by atoms with Crippen molar-refractivity contribution in [3.63, 3.8) is 0 Å². The Balaban J connectivity index is 1.47. The first kappa shape index (κ1) is 18.3. The number of ether oxygens (including phenoxy) is 1. The Labute approximate surface area is 166 Å². The van der Waals surface area contributed by atoms with Gasteiger partial charge >= 0.3 is 5.97 Å². The maximum atomic E-state index is 11.3. The van der Waals surface area contributed by atoms with E-state index in [1.165, 1.54) is 6.33 Å². The summed E-state index contributed by atoms with van der Waals surface area (Å²) < 4.78 is 4.94. The molecular weight excluding hydrogens is 382 g/mol. The van der Waals surface area contributed by atoms with Crippen LogP contribution in [0.2, 0.25) is 5.02 Å². The summed E-state index contributed by atoms with van der Waals surface area (Å²) in [5.74, 6) is 0.842. The summed E-state index contributed by atoms with van der Waals surface area (Å²) in [7, 11) is 0. The van der Waals surface area contributed by atoms with Crippen molar-refractivity contribution in [3.05, 3.63) is 41.8 Å². The first-order chi connectivity index (χ1) is 13.7. The Morgan fingerprint density at radius 3 is 3.04 bits per heavy atom. The molecule has 0 bridgehead atoms. The Kier molecular flexibility index (Phi) is 5.45. The van der Waals surface area contributed by atoms with Crippen LogP contribution in [-0.4, -0.2) is 63.6 Å². The normalized spacial score (nSPS) is 14.7. The number of esters is 1. The fourth-order valence-corrected chi connectivity index (χ4v) is 3.04. The largest absolute Gasteiger partial charge is 0.463 e. The van der Waals surface area contributed by atoms with Crippen LogP contribution in [-0.2, 0) is 9.53 Å². The smallest absolute Gasteiger partial charge is 0.320 e. The molecule has 28 heavy (non-hydrogen) atoms. The van der Waals surface area contributed by atoms with Gasteiger partial charge in [-0.15, -0.1) is 0 Å². The quantitative estimate of drug-likeness (QED) is 0.602. The Morgan fingerprint density at radius 2 is 2.18 bits per heavy atom. The molecule has 144 valence electrons. The molecule has 2 N–H and O–H groups in total. The molecule has 1 saturated heterocycles. The summed E-state index contributed by atoms with van der Waals surface area (Å²) in [6.07, 6.45) is 3.11. The van der Waals surface area contributed by atoms with Gasteiger partial charge in [-0.05, 0) is 18.2 Å². The number of halogens is 1. The van der Waals surface area contributed by atoms with Gasteiger partial charge in [0.2, 0.25) is 5.95 Å². The van der Waals surface area contributed by atoms with Crippen LogP contribution in [0.25, 0.3) is 11.0 Å². The number of carbonyl (C=O) groups excluding carboxylic acids is 1.